The summed E-state index contributed by atoms with van der Waals surface area (Å²) in [6, 6.07) is 4.12. The molecule has 0 bridgehead atoms. The van der Waals surface area contributed by atoms with Crippen LogP contribution in [-0.2, 0) is 19.4 Å². The number of nitrogens with one attached hydrogen (secondary N) is 3. The number of anilines is 2. The first-order chi connectivity index (χ1) is 17.0. The van der Waals surface area contributed by atoms with Gasteiger partial charge in [-0.05, 0) is 52.2 Å². The maximum Gasteiger partial charge on any atom is 0.141 e. The molecule has 1 aromatic carbocycles. The Morgan fingerprint density at radius 3 is 2.86 bits per heavy atom. The predicted molar refractivity (Wildman–Crippen MR) is 134 cm³/mol. The lowest BCUT2D eigenvalue weighted by Crippen LogP contribution is -2.28. The van der Waals surface area contributed by atoms with Gasteiger partial charge < -0.3 is 30.0 Å². The lowest BCUT2D eigenvalue weighted by molar-refractivity contribution is 0.270. The van der Waals surface area contributed by atoms with Gasteiger partial charge in [-0.3, -0.25) is 0 Å². The molecule has 1 atom stereocenters. The summed E-state index contributed by atoms with van der Waals surface area (Å²) >= 11 is 0. The Kier molecular flexibility index (Phi) is 5.06. The van der Waals surface area contributed by atoms with Crippen LogP contribution in [-0.4, -0.2) is 50.7 Å². The second kappa shape index (κ2) is 8.16. The van der Waals surface area contributed by atoms with Crippen LogP contribution in [0.15, 0.2) is 21.6 Å². The van der Waals surface area contributed by atoms with Crippen LogP contribution < -0.4 is 15.4 Å². The number of rotatable bonds is 5. The van der Waals surface area contributed by atoms with Crippen molar-refractivity contribution in [3.8, 4) is 16.9 Å². The molecule has 4 heterocycles. The Hall–Kier alpha value is -3.79. The highest BCUT2D eigenvalue weighted by Crippen LogP contribution is 2.41. The number of fused-ring (bicyclic) bond motifs is 4. The van der Waals surface area contributed by atoms with Gasteiger partial charge in [0.05, 0.1) is 42.8 Å². The minimum Gasteiger partial charge on any atom is -0.496 e. The molecule has 0 radical (unpaired) electrons. The molecule has 10 nitrogen and oxygen atoms in total. The number of aliphatic hydroxyl groups excluding tert-OH is 1. The molecule has 1 aliphatic carbocycles. The van der Waals surface area contributed by atoms with Crippen molar-refractivity contribution in [2.45, 2.75) is 52.7 Å². The lowest BCUT2D eigenvalue weighted by atomic mass is 10.00. The molecule has 6 rings (SSSR count). The number of aromatic amines is 1. The topological polar surface area (TPSA) is 126 Å². The number of hydrogen-bond donors (Lipinski definition) is 4. The predicted octanol–water partition coefficient (Wildman–Crippen LogP) is 3.76. The van der Waals surface area contributed by atoms with Crippen LogP contribution in [0.25, 0.3) is 22.0 Å². The van der Waals surface area contributed by atoms with Crippen molar-refractivity contribution in [2.24, 2.45) is 4.99 Å². The van der Waals surface area contributed by atoms with Gasteiger partial charge in [-0.1, -0.05) is 5.16 Å². The Morgan fingerprint density at radius 2 is 2.11 bits per heavy atom. The highest BCUT2D eigenvalue weighted by Gasteiger charge is 2.29. The molecule has 35 heavy (non-hydrogen) atoms. The second-order valence-electron chi connectivity index (χ2n) is 9.17. The van der Waals surface area contributed by atoms with E-state index in [0.717, 1.165) is 87.2 Å². The first kappa shape index (κ1) is 21.7. The zero-order valence-electron chi connectivity index (χ0n) is 20.3. The summed E-state index contributed by atoms with van der Waals surface area (Å²) in [5.41, 5.74) is 6.90. The van der Waals surface area contributed by atoms with E-state index < -0.39 is 0 Å². The number of aliphatic hydroxyl groups is 1. The van der Waals surface area contributed by atoms with Crippen LogP contribution >= 0.6 is 0 Å². The molecule has 10 heteroatoms. The van der Waals surface area contributed by atoms with E-state index in [4.69, 9.17) is 19.4 Å². The maximum atomic E-state index is 9.59. The van der Waals surface area contributed by atoms with E-state index in [-0.39, 0.29) is 12.8 Å². The normalized spacial score (nSPS) is 16.7. The van der Waals surface area contributed by atoms with Crippen molar-refractivity contribution in [1.82, 2.24) is 19.9 Å². The van der Waals surface area contributed by atoms with Crippen LogP contribution in [0.1, 0.15) is 41.6 Å². The quantitative estimate of drug-likeness (QED) is 0.346. The van der Waals surface area contributed by atoms with Gasteiger partial charge in [0.2, 0.25) is 0 Å². The average molecular weight is 476 g/mol. The number of aliphatic imine (C=N–C) groups is 1. The van der Waals surface area contributed by atoms with Crippen LogP contribution in [0.5, 0.6) is 5.75 Å². The fraction of sp³-hybridized carbons (Fsp3) is 0.400. The number of aromatic nitrogens is 4. The summed E-state index contributed by atoms with van der Waals surface area (Å²) in [6.45, 7) is 6.32. The smallest absolute Gasteiger partial charge is 0.141 e. The molecule has 0 saturated heterocycles. The summed E-state index contributed by atoms with van der Waals surface area (Å²) in [6.07, 6.45) is 2.91. The number of benzene rings is 1. The van der Waals surface area contributed by atoms with Gasteiger partial charge >= 0.3 is 0 Å². The summed E-state index contributed by atoms with van der Waals surface area (Å²) in [4.78, 5) is 8.45. The van der Waals surface area contributed by atoms with Gasteiger partial charge in [0.25, 0.3) is 0 Å². The van der Waals surface area contributed by atoms with E-state index in [1.165, 1.54) is 5.56 Å². The first-order valence-electron chi connectivity index (χ1n) is 12.0. The summed E-state index contributed by atoms with van der Waals surface area (Å²) in [5, 5.41) is 26.5. The van der Waals surface area contributed by atoms with Crippen LogP contribution in [0, 0.1) is 13.8 Å². The van der Waals surface area contributed by atoms with Crippen molar-refractivity contribution in [3.63, 3.8) is 0 Å². The molecular weight excluding hydrogens is 446 g/mol. The number of nitrogens with zero attached hydrogens (tertiary/aromatic N) is 4. The summed E-state index contributed by atoms with van der Waals surface area (Å²) in [5.74, 6) is 4.06. The van der Waals surface area contributed by atoms with Crippen molar-refractivity contribution in [3.05, 3.63) is 40.4 Å². The maximum absolute atomic E-state index is 9.59. The number of ether oxygens (including phenoxy) is 1. The van der Waals surface area contributed by atoms with Crippen molar-refractivity contribution >= 4 is 28.4 Å². The average Bonchev–Trinajstić information content (AvgIpc) is 3.57. The van der Waals surface area contributed by atoms with Crippen molar-refractivity contribution in [2.75, 3.05) is 24.4 Å². The van der Waals surface area contributed by atoms with Crippen LogP contribution in [0.4, 0.5) is 11.6 Å². The Bertz CT molecular complexity index is 1460. The molecule has 4 N–H and O–H groups in total. The zero-order chi connectivity index (χ0) is 24.3. The van der Waals surface area contributed by atoms with Gasteiger partial charge in [0, 0.05) is 22.0 Å². The van der Waals surface area contributed by atoms with Gasteiger partial charge in [0.1, 0.15) is 35.1 Å². The third-order valence-electron chi connectivity index (χ3n) is 6.86. The van der Waals surface area contributed by atoms with Crippen LogP contribution in [0.2, 0.25) is 0 Å². The van der Waals surface area contributed by atoms with Gasteiger partial charge in [-0.25, -0.2) is 9.67 Å². The Morgan fingerprint density at radius 1 is 1.26 bits per heavy atom. The fourth-order valence-electron chi connectivity index (χ4n) is 5.36. The van der Waals surface area contributed by atoms with Gasteiger partial charge in [-0.15, -0.1) is 0 Å². The molecular formula is C25H29N7O3. The molecule has 3 aromatic heterocycles. The highest BCUT2D eigenvalue weighted by atomic mass is 16.5. The molecule has 1 unspecified atom stereocenters. The minimum atomic E-state index is -0.121. The SMILES string of the molecule is COc1cc2c3c([nH]c2cc1-c1c(C)noc1C)NC(C)N=C3Nc1c2c(nn1CCO)CCC2. The van der Waals surface area contributed by atoms with E-state index in [1.54, 1.807) is 7.11 Å². The van der Waals surface area contributed by atoms with Crippen molar-refractivity contribution < 1.29 is 14.4 Å². The molecule has 0 amide bonds. The molecule has 0 spiro atoms. The van der Waals surface area contributed by atoms with Crippen molar-refractivity contribution in [1.29, 1.82) is 0 Å². The third-order valence-corrected chi connectivity index (χ3v) is 6.86. The monoisotopic (exact) mass is 475 g/mol. The fourth-order valence-corrected chi connectivity index (χ4v) is 5.36. The van der Waals surface area contributed by atoms with Gasteiger partial charge in [0.15, 0.2) is 0 Å². The number of hydrogen-bond acceptors (Lipinski definition) is 8. The number of amidine groups is 1. The highest BCUT2D eigenvalue weighted by molar-refractivity contribution is 6.21. The third kappa shape index (κ3) is 3.39. The van der Waals surface area contributed by atoms with Crippen LogP contribution in [0.3, 0.4) is 0 Å². The van der Waals surface area contributed by atoms with Gasteiger partial charge in [-0.2, -0.15) is 5.10 Å². The number of H-pyrrole nitrogens is 1. The minimum absolute atomic E-state index is 0.0275. The molecule has 2 aliphatic rings. The van der Waals surface area contributed by atoms with E-state index in [9.17, 15) is 5.11 Å². The lowest BCUT2D eigenvalue weighted by Gasteiger charge is -2.22. The molecule has 0 saturated carbocycles. The molecule has 1 aliphatic heterocycles. The van der Waals surface area contributed by atoms with E-state index in [0.29, 0.717) is 6.54 Å². The molecule has 182 valence electrons. The largest absolute Gasteiger partial charge is 0.496 e. The molecule has 4 aromatic rings. The standard InChI is InChI=1S/C25H29N7O3/c1-12-21(13(2)35-31-12)17-10-19-16(11-20(17)34-4)22-23(28-19)26-14(3)27-24(22)29-25-15-6-5-7-18(15)30-32(25)8-9-33/h10-11,14,26,28,33H,5-9H2,1-4H3,(H,27,29). The first-order valence-corrected chi connectivity index (χ1v) is 12.0. The number of methoxy groups -OCH3 is 1. The van der Waals surface area contributed by atoms with E-state index >= 15 is 0 Å². The summed E-state index contributed by atoms with van der Waals surface area (Å²) < 4.78 is 13.1. The Labute approximate surface area is 202 Å². The Balaban J connectivity index is 1.49. The number of aryl methyl sites for hydroxylation is 3. The zero-order valence-corrected chi connectivity index (χ0v) is 20.3. The summed E-state index contributed by atoms with van der Waals surface area (Å²) in [7, 11) is 1.67. The second-order valence-corrected chi connectivity index (χ2v) is 9.17. The van der Waals surface area contributed by atoms with E-state index in [2.05, 4.69) is 26.8 Å². The van der Waals surface area contributed by atoms with E-state index in [1.807, 2.05) is 31.5 Å². The molecule has 0 fully saturated rings.